The minimum absolute atomic E-state index is 0.114. The van der Waals surface area contributed by atoms with Gasteiger partial charge in [0, 0.05) is 11.6 Å². The lowest BCUT2D eigenvalue weighted by atomic mass is 9.95. The number of benzene rings is 2. The third-order valence-corrected chi connectivity index (χ3v) is 6.75. The molecular formula is C29H30N2O6. The molecule has 1 saturated carbocycles. The fourth-order valence-corrected chi connectivity index (χ4v) is 4.66. The molecule has 192 valence electrons. The molecular weight excluding hydrogens is 472 g/mol. The predicted molar refractivity (Wildman–Crippen MR) is 137 cm³/mol. The number of aryl methyl sites for hydroxylation is 1. The molecule has 0 unspecified atom stereocenters. The first-order chi connectivity index (χ1) is 18.0. The van der Waals surface area contributed by atoms with Crippen molar-refractivity contribution in [2.45, 2.75) is 51.6 Å². The molecule has 8 heteroatoms. The highest BCUT2D eigenvalue weighted by atomic mass is 16.5. The molecule has 1 aliphatic heterocycles. The van der Waals surface area contributed by atoms with Gasteiger partial charge in [0.15, 0.2) is 24.8 Å². The molecule has 8 nitrogen and oxygen atoms in total. The molecule has 1 fully saturated rings. The van der Waals surface area contributed by atoms with Crippen molar-refractivity contribution in [3.05, 3.63) is 77.2 Å². The van der Waals surface area contributed by atoms with Crippen molar-refractivity contribution in [1.29, 1.82) is 0 Å². The second kappa shape index (κ2) is 10.9. The molecule has 3 aromatic rings. The van der Waals surface area contributed by atoms with Gasteiger partial charge in [-0.05, 0) is 62.2 Å². The van der Waals surface area contributed by atoms with Crippen LogP contribution in [0.2, 0.25) is 0 Å². The molecule has 0 saturated heterocycles. The summed E-state index contributed by atoms with van der Waals surface area (Å²) in [5.74, 6) is 1.07. The van der Waals surface area contributed by atoms with E-state index in [1.165, 1.54) is 11.3 Å². The Bertz CT molecular complexity index is 1290. The highest BCUT2D eigenvalue weighted by molar-refractivity contribution is 6.02. The van der Waals surface area contributed by atoms with E-state index >= 15 is 0 Å². The molecule has 1 aromatic heterocycles. The zero-order valence-corrected chi connectivity index (χ0v) is 20.8. The molecule has 2 aliphatic rings. The van der Waals surface area contributed by atoms with Crippen molar-refractivity contribution in [3.8, 4) is 11.5 Å². The number of rotatable bonds is 8. The summed E-state index contributed by atoms with van der Waals surface area (Å²) in [5, 5.41) is 3.04. The summed E-state index contributed by atoms with van der Waals surface area (Å²) in [7, 11) is 0. The number of nitrogens with one attached hydrogen (secondary N) is 1. The lowest BCUT2D eigenvalue weighted by Crippen LogP contribution is -2.38. The Morgan fingerprint density at radius 1 is 1.03 bits per heavy atom. The second-order valence-electron chi connectivity index (χ2n) is 9.55. The molecule has 0 radical (unpaired) electrons. The van der Waals surface area contributed by atoms with Gasteiger partial charge in [0.2, 0.25) is 0 Å². The quantitative estimate of drug-likeness (QED) is 0.443. The Morgan fingerprint density at radius 2 is 1.81 bits per heavy atom. The molecule has 2 amide bonds. The van der Waals surface area contributed by atoms with Crippen LogP contribution in [0.1, 0.15) is 64.3 Å². The largest absolute Gasteiger partial charge is 0.485 e. The van der Waals surface area contributed by atoms with Crippen LogP contribution in [0.25, 0.3) is 0 Å². The molecule has 0 spiro atoms. The van der Waals surface area contributed by atoms with Gasteiger partial charge >= 0.3 is 0 Å². The molecule has 5 rings (SSSR count). The number of ketones is 1. The fraction of sp³-hybridized carbons (Fsp3) is 0.345. The normalized spacial score (nSPS) is 15.6. The van der Waals surface area contributed by atoms with E-state index in [4.69, 9.17) is 13.9 Å². The van der Waals surface area contributed by atoms with Crippen LogP contribution in [0.3, 0.4) is 0 Å². The Kier molecular flexibility index (Phi) is 7.25. The number of Topliss-reactive ketones (excluding diaryl/α,β-unsaturated/α-hetero) is 1. The number of furan rings is 1. The molecule has 2 aromatic carbocycles. The summed E-state index contributed by atoms with van der Waals surface area (Å²) in [6, 6.07) is 15.9. The molecule has 1 aliphatic carbocycles. The first-order valence-corrected chi connectivity index (χ1v) is 12.7. The highest BCUT2D eigenvalue weighted by Gasteiger charge is 2.28. The SMILES string of the molecule is Cc1ccc(OCC(=O)c2ccc3c(c2)N(Cc2ccc(C(=O)NC4CCCCC4)o2)C(=O)CO3)cc1. The second-order valence-corrected chi connectivity index (χ2v) is 9.55. The van der Waals surface area contributed by atoms with Crippen LogP contribution in [0.15, 0.2) is 59.0 Å². The third-order valence-electron chi connectivity index (χ3n) is 6.75. The summed E-state index contributed by atoms with van der Waals surface area (Å²) in [6.07, 6.45) is 5.41. The monoisotopic (exact) mass is 502 g/mol. The molecule has 37 heavy (non-hydrogen) atoms. The number of hydrogen-bond acceptors (Lipinski definition) is 6. The van der Waals surface area contributed by atoms with Gasteiger partial charge in [0.25, 0.3) is 11.8 Å². The standard InChI is InChI=1S/C29H30N2O6/c1-19-7-10-22(11-8-19)35-17-25(32)20-9-13-26-24(15-20)31(28(33)18-36-26)16-23-12-14-27(37-23)29(34)30-21-5-3-2-4-6-21/h7-15,21H,2-6,16-18H2,1H3,(H,30,34). The van der Waals surface area contributed by atoms with E-state index in [1.54, 1.807) is 30.3 Å². The highest BCUT2D eigenvalue weighted by Crippen LogP contribution is 2.34. The average Bonchev–Trinajstić information content (AvgIpc) is 3.39. The Labute approximate surface area is 215 Å². The van der Waals surface area contributed by atoms with Crippen molar-refractivity contribution in [2.24, 2.45) is 0 Å². The van der Waals surface area contributed by atoms with Crippen LogP contribution >= 0.6 is 0 Å². The first kappa shape index (κ1) is 24.6. The maximum atomic E-state index is 12.8. The molecule has 2 heterocycles. The van der Waals surface area contributed by atoms with Crippen molar-refractivity contribution in [2.75, 3.05) is 18.1 Å². The molecule has 0 atom stereocenters. The van der Waals surface area contributed by atoms with Crippen LogP contribution in [0.4, 0.5) is 5.69 Å². The predicted octanol–water partition coefficient (Wildman–Crippen LogP) is 4.84. The lowest BCUT2D eigenvalue weighted by molar-refractivity contribution is -0.121. The lowest BCUT2D eigenvalue weighted by Gasteiger charge is -2.29. The summed E-state index contributed by atoms with van der Waals surface area (Å²) in [6.45, 7) is 1.84. The van der Waals surface area contributed by atoms with Gasteiger partial charge in [0.1, 0.15) is 17.3 Å². The Balaban J connectivity index is 1.27. The number of ether oxygens (including phenoxy) is 2. The number of carbonyl (C=O) groups excluding carboxylic acids is 3. The maximum Gasteiger partial charge on any atom is 0.287 e. The van der Waals surface area contributed by atoms with Crippen molar-refractivity contribution in [1.82, 2.24) is 5.32 Å². The average molecular weight is 503 g/mol. The number of hydrogen-bond donors (Lipinski definition) is 1. The van der Waals surface area contributed by atoms with Gasteiger partial charge in [-0.15, -0.1) is 0 Å². The number of carbonyl (C=O) groups is 3. The van der Waals surface area contributed by atoms with E-state index in [0.717, 1.165) is 31.2 Å². The van der Waals surface area contributed by atoms with Crippen molar-refractivity contribution < 1.29 is 28.3 Å². The van der Waals surface area contributed by atoms with Crippen LogP contribution in [-0.4, -0.2) is 36.9 Å². The van der Waals surface area contributed by atoms with E-state index in [9.17, 15) is 14.4 Å². The molecule has 0 bridgehead atoms. The minimum Gasteiger partial charge on any atom is -0.485 e. The summed E-state index contributed by atoms with van der Waals surface area (Å²) in [5.41, 5.74) is 1.98. The third kappa shape index (κ3) is 5.85. The number of nitrogens with zero attached hydrogens (tertiary/aromatic N) is 1. The number of fused-ring (bicyclic) bond motifs is 1. The van der Waals surface area contributed by atoms with E-state index in [1.807, 2.05) is 31.2 Å². The van der Waals surface area contributed by atoms with E-state index in [0.29, 0.717) is 28.5 Å². The zero-order chi connectivity index (χ0) is 25.8. The van der Waals surface area contributed by atoms with Crippen LogP contribution in [0.5, 0.6) is 11.5 Å². The van der Waals surface area contributed by atoms with Crippen molar-refractivity contribution >= 4 is 23.3 Å². The topological polar surface area (TPSA) is 98.1 Å². The first-order valence-electron chi connectivity index (χ1n) is 12.7. The smallest absolute Gasteiger partial charge is 0.287 e. The van der Waals surface area contributed by atoms with E-state index < -0.39 is 0 Å². The number of amides is 2. The van der Waals surface area contributed by atoms with E-state index in [2.05, 4.69) is 5.32 Å². The van der Waals surface area contributed by atoms with E-state index in [-0.39, 0.29) is 49.2 Å². The zero-order valence-electron chi connectivity index (χ0n) is 20.8. The Morgan fingerprint density at radius 3 is 2.59 bits per heavy atom. The van der Waals surface area contributed by atoms with Crippen molar-refractivity contribution in [3.63, 3.8) is 0 Å². The van der Waals surface area contributed by atoms with Gasteiger partial charge in [-0.25, -0.2) is 0 Å². The molecule has 1 N–H and O–H groups in total. The van der Waals surface area contributed by atoms with Gasteiger partial charge in [-0.3, -0.25) is 19.3 Å². The Hall–Kier alpha value is -4.07. The maximum absolute atomic E-state index is 12.8. The van der Waals surface area contributed by atoms with Crippen LogP contribution in [0, 0.1) is 6.92 Å². The van der Waals surface area contributed by atoms with Gasteiger partial charge < -0.3 is 19.2 Å². The number of anilines is 1. The van der Waals surface area contributed by atoms with Gasteiger partial charge in [-0.1, -0.05) is 37.0 Å². The fourth-order valence-electron chi connectivity index (χ4n) is 4.66. The minimum atomic E-state index is -0.266. The van der Waals surface area contributed by atoms with Crippen LogP contribution in [-0.2, 0) is 11.3 Å². The summed E-state index contributed by atoms with van der Waals surface area (Å²) in [4.78, 5) is 39.7. The van der Waals surface area contributed by atoms with Gasteiger partial charge in [0.05, 0.1) is 12.2 Å². The summed E-state index contributed by atoms with van der Waals surface area (Å²) >= 11 is 0. The summed E-state index contributed by atoms with van der Waals surface area (Å²) < 4.78 is 17.0. The van der Waals surface area contributed by atoms with Gasteiger partial charge in [-0.2, -0.15) is 0 Å². The van der Waals surface area contributed by atoms with Crippen LogP contribution < -0.4 is 19.7 Å².